The van der Waals surface area contributed by atoms with Gasteiger partial charge in [-0.2, -0.15) is 0 Å². The molecule has 0 bridgehead atoms. The molecular formula is C85H166O17P2. The number of unbranched alkanes of at least 4 members (excludes halogenated alkanes) is 54. The van der Waals surface area contributed by atoms with Crippen molar-refractivity contribution in [2.45, 2.75) is 471 Å². The van der Waals surface area contributed by atoms with Gasteiger partial charge in [-0.25, -0.2) is 9.13 Å². The van der Waals surface area contributed by atoms with E-state index in [1.807, 2.05) is 0 Å². The second kappa shape index (κ2) is 76.4. The Morgan fingerprint density at radius 3 is 0.654 bits per heavy atom. The number of phosphoric ester groups is 2. The Labute approximate surface area is 638 Å². The van der Waals surface area contributed by atoms with Gasteiger partial charge in [0, 0.05) is 25.7 Å². The Morgan fingerprint density at radius 1 is 0.260 bits per heavy atom. The van der Waals surface area contributed by atoms with E-state index in [9.17, 15) is 43.2 Å². The van der Waals surface area contributed by atoms with Crippen molar-refractivity contribution in [1.82, 2.24) is 0 Å². The minimum atomic E-state index is -4.96. The Kier molecular flexibility index (Phi) is 75.0. The van der Waals surface area contributed by atoms with Crippen LogP contribution in [0.3, 0.4) is 0 Å². The number of aliphatic hydroxyl groups is 1. The van der Waals surface area contributed by atoms with Crippen LogP contribution in [0.4, 0.5) is 0 Å². The van der Waals surface area contributed by atoms with Crippen LogP contribution >= 0.6 is 15.6 Å². The summed E-state index contributed by atoms with van der Waals surface area (Å²) in [6, 6.07) is 0. The van der Waals surface area contributed by atoms with Crippen molar-refractivity contribution in [3.8, 4) is 0 Å². The molecule has 17 nitrogen and oxygen atoms in total. The maximum atomic E-state index is 13.1. The van der Waals surface area contributed by atoms with E-state index >= 15 is 0 Å². The fraction of sp³-hybridized carbons (Fsp3) is 0.953. The number of carbonyl (C=O) groups excluding carboxylic acids is 4. The van der Waals surface area contributed by atoms with E-state index in [-0.39, 0.29) is 25.7 Å². The third-order valence-corrected chi connectivity index (χ3v) is 21.9. The highest BCUT2D eigenvalue weighted by atomic mass is 31.2. The summed E-state index contributed by atoms with van der Waals surface area (Å²) in [5, 5.41) is 10.7. The van der Waals surface area contributed by atoms with Gasteiger partial charge in [0.2, 0.25) is 0 Å². The quantitative estimate of drug-likeness (QED) is 0.0222. The van der Waals surface area contributed by atoms with Gasteiger partial charge >= 0.3 is 39.5 Å². The van der Waals surface area contributed by atoms with Crippen LogP contribution in [0, 0.1) is 11.8 Å². The highest BCUT2D eigenvalue weighted by molar-refractivity contribution is 7.47. The van der Waals surface area contributed by atoms with Crippen LogP contribution in [-0.4, -0.2) is 96.7 Å². The molecule has 0 aliphatic heterocycles. The molecular weight excluding hydrogens is 1350 g/mol. The predicted molar refractivity (Wildman–Crippen MR) is 428 cm³/mol. The van der Waals surface area contributed by atoms with E-state index in [4.69, 9.17) is 37.0 Å². The first-order chi connectivity index (χ1) is 50.4. The number of carbonyl (C=O) groups is 4. The van der Waals surface area contributed by atoms with Gasteiger partial charge in [-0.05, 0) is 37.5 Å². The summed E-state index contributed by atoms with van der Waals surface area (Å²) in [7, 11) is -9.93. The minimum absolute atomic E-state index is 0.108. The summed E-state index contributed by atoms with van der Waals surface area (Å²) in [4.78, 5) is 73.2. The zero-order valence-corrected chi connectivity index (χ0v) is 70.1. The molecule has 0 aromatic rings. The number of hydrogen-bond acceptors (Lipinski definition) is 15. The van der Waals surface area contributed by atoms with Crippen molar-refractivity contribution >= 4 is 39.5 Å². The SMILES string of the molecule is CCCCCCCCCCCCCCCCCCCCC(=O)OC[C@H](COP(=O)(O)OC[C@@H](O)COP(=O)(O)OC[C@@H](COC(=O)CCCCCCCCCCC(C)C)OC(=O)CCCCCCCCCCCCCCCCCCC)OC(=O)CCCCCCCCCCCCCCCCCC(C)C. The van der Waals surface area contributed by atoms with Gasteiger partial charge in [-0.1, -0.05) is 401 Å². The third-order valence-electron chi connectivity index (χ3n) is 20.0. The normalized spacial score (nSPS) is 13.8. The van der Waals surface area contributed by atoms with E-state index in [0.29, 0.717) is 25.7 Å². The van der Waals surface area contributed by atoms with E-state index in [1.165, 1.54) is 270 Å². The summed E-state index contributed by atoms with van der Waals surface area (Å²) in [6.07, 6.45) is 68.0. The molecule has 104 heavy (non-hydrogen) atoms. The Balaban J connectivity index is 5.25. The van der Waals surface area contributed by atoms with Gasteiger partial charge in [-0.3, -0.25) is 37.3 Å². The van der Waals surface area contributed by atoms with Crippen LogP contribution in [0.2, 0.25) is 0 Å². The number of ether oxygens (including phenoxy) is 4. The van der Waals surface area contributed by atoms with Gasteiger partial charge in [0.15, 0.2) is 12.2 Å². The number of rotatable bonds is 84. The summed E-state index contributed by atoms with van der Waals surface area (Å²) in [5.41, 5.74) is 0. The van der Waals surface area contributed by atoms with Gasteiger partial charge in [0.1, 0.15) is 19.3 Å². The number of aliphatic hydroxyl groups excluding tert-OH is 1. The van der Waals surface area contributed by atoms with Crippen molar-refractivity contribution in [1.29, 1.82) is 0 Å². The first-order valence-electron chi connectivity index (χ1n) is 44.0. The lowest BCUT2D eigenvalue weighted by Gasteiger charge is -2.21. The van der Waals surface area contributed by atoms with Gasteiger partial charge in [0.25, 0.3) is 0 Å². The standard InChI is InChI=1S/C85H166O17P2/c1-7-9-11-13-15-17-19-21-23-25-27-30-34-38-42-49-55-61-67-82(87)95-73-80(101-84(89)70-64-58-52-44-40-36-32-28-29-33-37-41-47-53-59-65-77(3)4)75-99-103(91,92)97-71-79(86)72-98-104(93,94)100-76-81(74-96-83(88)68-62-56-50-46-45-48-54-60-66-78(5)6)102-85(90)69-63-57-51-43-39-35-31-26-24-22-20-18-16-14-12-10-8-2/h77-81,86H,7-76H2,1-6H3,(H,91,92)(H,93,94)/t79-,80-,81-/m1/s1. The minimum Gasteiger partial charge on any atom is -0.462 e. The van der Waals surface area contributed by atoms with Crippen molar-refractivity contribution < 1.29 is 80.2 Å². The lowest BCUT2D eigenvalue weighted by Crippen LogP contribution is -2.30. The predicted octanol–water partition coefficient (Wildman–Crippen LogP) is 25.8. The van der Waals surface area contributed by atoms with Crippen LogP contribution in [0.1, 0.15) is 452 Å². The van der Waals surface area contributed by atoms with Crippen molar-refractivity contribution in [2.75, 3.05) is 39.6 Å². The summed E-state index contributed by atoms with van der Waals surface area (Å²) < 4.78 is 68.9. The highest BCUT2D eigenvalue weighted by Gasteiger charge is 2.30. The molecule has 0 aliphatic carbocycles. The first kappa shape index (κ1) is 102. The average molecular weight is 1520 g/mol. The molecule has 19 heteroatoms. The number of phosphoric acid groups is 2. The topological polar surface area (TPSA) is 237 Å². The lowest BCUT2D eigenvalue weighted by molar-refractivity contribution is -0.161. The molecule has 618 valence electrons. The average Bonchev–Trinajstić information content (AvgIpc) is 0.910. The summed E-state index contributed by atoms with van der Waals surface area (Å²) in [6.45, 7) is 9.66. The molecule has 0 aromatic carbocycles. The Bertz CT molecular complexity index is 1990. The highest BCUT2D eigenvalue weighted by Crippen LogP contribution is 2.45. The Hall–Kier alpha value is -1.94. The zero-order valence-electron chi connectivity index (χ0n) is 68.3. The van der Waals surface area contributed by atoms with E-state index < -0.39 is 97.5 Å². The van der Waals surface area contributed by atoms with E-state index in [1.54, 1.807) is 0 Å². The number of hydrogen-bond donors (Lipinski definition) is 3. The van der Waals surface area contributed by atoms with Crippen molar-refractivity contribution in [2.24, 2.45) is 11.8 Å². The van der Waals surface area contributed by atoms with Crippen molar-refractivity contribution in [3.05, 3.63) is 0 Å². The largest absolute Gasteiger partial charge is 0.472 e. The van der Waals surface area contributed by atoms with Gasteiger partial charge in [0.05, 0.1) is 26.4 Å². The first-order valence-corrected chi connectivity index (χ1v) is 47.0. The maximum absolute atomic E-state index is 13.1. The van der Waals surface area contributed by atoms with Crippen LogP contribution in [0.15, 0.2) is 0 Å². The molecule has 3 N–H and O–H groups in total. The van der Waals surface area contributed by atoms with Gasteiger partial charge < -0.3 is 33.8 Å². The Morgan fingerprint density at radius 2 is 0.442 bits per heavy atom. The molecule has 0 aliphatic rings. The fourth-order valence-electron chi connectivity index (χ4n) is 13.2. The van der Waals surface area contributed by atoms with E-state index in [2.05, 4.69) is 41.5 Å². The fourth-order valence-corrected chi connectivity index (χ4v) is 14.8. The second-order valence-corrected chi connectivity index (χ2v) is 34.4. The monoisotopic (exact) mass is 1520 g/mol. The molecule has 0 spiro atoms. The van der Waals surface area contributed by atoms with Crippen LogP contribution in [0.25, 0.3) is 0 Å². The van der Waals surface area contributed by atoms with Gasteiger partial charge in [-0.15, -0.1) is 0 Å². The lowest BCUT2D eigenvalue weighted by atomic mass is 10.0. The molecule has 0 saturated carbocycles. The summed E-state index contributed by atoms with van der Waals surface area (Å²) in [5.74, 6) is -0.574. The molecule has 2 unspecified atom stereocenters. The van der Waals surface area contributed by atoms with Crippen molar-refractivity contribution in [3.63, 3.8) is 0 Å². The summed E-state index contributed by atoms with van der Waals surface area (Å²) >= 11 is 0. The van der Waals surface area contributed by atoms with Crippen LogP contribution in [-0.2, 0) is 65.4 Å². The molecule has 0 aromatic heterocycles. The van der Waals surface area contributed by atoms with Crippen LogP contribution < -0.4 is 0 Å². The zero-order chi connectivity index (χ0) is 76.4. The maximum Gasteiger partial charge on any atom is 0.472 e. The molecule has 0 fully saturated rings. The third kappa shape index (κ3) is 78.2. The molecule has 0 rings (SSSR count). The molecule has 0 heterocycles. The molecule has 0 radical (unpaired) electrons. The van der Waals surface area contributed by atoms with E-state index in [0.717, 1.165) is 102 Å². The smallest absolute Gasteiger partial charge is 0.462 e. The second-order valence-electron chi connectivity index (χ2n) is 31.5. The van der Waals surface area contributed by atoms with Crippen LogP contribution in [0.5, 0.6) is 0 Å². The molecule has 0 saturated heterocycles. The number of esters is 4. The molecule has 0 amide bonds. The molecule has 5 atom stereocenters.